The van der Waals surface area contributed by atoms with Gasteiger partial charge in [-0.1, -0.05) is 37.3 Å². The minimum atomic E-state index is -0.593. The molecule has 1 saturated carbocycles. The number of ether oxygens (including phenoxy) is 1. The van der Waals surface area contributed by atoms with Gasteiger partial charge in [0.25, 0.3) is 0 Å². The maximum atomic E-state index is 11.0. The van der Waals surface area contributed by atoms with Gasteiger partial charge in [0.1, 0.15) is 11.9 Å². The average molecular weight is 398 g/mol. The van der Waals surface area contributed by atoms with Crippen molar-refractivity contribution in [3.63, 3.8) is 0 Å². The highest BCUT2D eigenvalue weighted by Gasteiger charge is 2.48. The molecule has 156 valence electrons. The summed E-state index contributed by atoms with van der Waals surface area (Å²) in [5, 5.41) is 21.0. The number of hydrogen-bond acceptors (Lipinski definition) is 4. The topological polar surface area (TPSA) is 92.8 Å². The van der Waals surface area contributed by atoms with E-state index in [0.29, 0.717) is 25.7 Å². The molecule has 1 aliphatic heterocycles. The van der Waals surface area contributed by atoms with Gasteiger partial charge in [0.2, 0.25) is 5.91 Å². The Kier molecular flexibility index (Phi) is 7.00. The van der Waals surface area contributed by atoms with Crippen LogP contribution in [0, 0.1) is 23.7 Å². The van der Waals surface area contributed by atoms with Gasteiger partial charge >= 0.3 is 0 Å². The van der Waals surface area contributed by atoms with Gasteiger partial charge in [0.05, 0.1) is 12.2 Å². The van der Waals surface area contributed by atoms with Gasteiger partial charge in [-0.2, -0.15) is 0 Å². The fraction of sp³-hybridized carbons (Fsp3) is 0.542. The second-order valence-electron chi connectivity index (χ2n) is 8.20. The van der Waals surface area contributed by atoms with Gasteiger partial charge in [0.15, 0.2) is 0 Å². The molecule has 5 nitrogen and oxygen atoms in total. The fourth-order valence-electron chi connectivity index (χ4n) is 4.43. The summed E-state index contributed by atoms with van der Waals surface area (Å²) in [6.07, 6.45) is 5.61. The summed E-state index contributed by atoms with van der Waals surface area (Å²) in [6.45, 7) is 3.77. The molecule has 1 aliphatic carbocycles. The van der Waals surface area contributed by atoms with Gasteiger partial charge < -0.3 is 20.7 Å². The number of amides is 1. The van der Waals surface area contributed by atoms with E-state index in [1.807, 2.05) is 25.1 Å². The van der Waals surface area contributed by atoms with Crippen LogP contribution in [0.5, 0.6) is 5.75 Å². The third-order valence-electron chi connectivity index (χ3n) is 6.07. The molecular formula is C24H31NO4. The summed E-state index contributed by atoms with van der Waals surface area (Å²) in [7, 11) is 0. The summed E-state index contributed by atoms with van der Waals surface area (Å²) >= 11 is 0. The molecule has 0 bridgehead atoms. The number of aryl methyl sites for hydroxylation is 1. The fourth-order valence-corrected chi connectivity index (χ4v) is 4.43. The van der Waals surface area contributed by atoms with Crippen LogP contribution in [0.3, 0.4) is 0 Å². The Hall–Kier alpha value is -2.29. The lowest BCUT2D eigenvalue weighted by Gasteiger charge is -2.19. The van der Waals surface area contributed by atoms with Gasteiger partial charge in [0, 0.05) is 36.7 Å². The monoisotopic (exact) mass is 397 g/mol. The SMILES string of the molecule is CC#CC[C@@H](C)[C@H](O)/C=C/[C@@H]1[C@H]2c3cccc(CCCC(N)=O)c3O[C@H]2C[C@H]1O. The Bertz CT molecular complexity index is 822. The highest BCUT2D eigenvalue weighted by atomic mass is 16.5. The molecule has 0 aromatic heterocycles. The number of carbonyl (C=O) groups excluding carboxylic acids is 1. The second kappa shape index (κ2) is 9.47. The molecule has 0 radical (unpaired) electrons. The third kappa shape index (κ3) is 4.83. The number of primary amides is 1. The van der Waals surface area contributed by atoms with E-state index in [-0.39, 0.29) is 29.8 Å². The maximum absolute atomic E-state index is 11.0. The number of aliphatic hydroxyl groups is 2. The van der Waals surface area contributed by atoms with Crippen LogP contribution in [0.4, 0.5) is 0 Å². The van der Waals surface area contributed by atoms with Crippen molar-refractivity contribution in [2.24, 2.45) is 17.6 Å². The Morgan fingerprint density at radius 1 is 1.45 bits per heavy atom. The number of fused-ring (bicyclic) bond motifs is 3. The minimum Gasteiger partial charge on any atom is -0.489 e. The normalized spacial score (nSPS) is 26.9. The smallest absolute Gasteiger partial charge is 0.217 e. The first-order chi connectivity index (χ1) is 13.9. The first-order valence-corrected chi connectivity index (χ1v) is 10.4. The van der Waals surface area contributed by atoms with Crippen molar-refractivity contribution in [1.29, 1.82) is 0 Å². The number of rotatable bonds is 8. The summed E-state index contributed by atoms with van der Waals surface area (Å²) < 4.78 is 6.24. The van der Waals surface area contributed by atoms with Crippen molar-refractivity contribution in [2.75, 3.05) is 0 Å². The van der Waals surface area contributed by atoms with Gasteiger partial charge in [-0.3, -0.25) is 4.79 Å². The average Bonchev–Trinajstić information content (AvgIpc) is 3.19. The molecule has 29 heavy (non-hydrogen) atoms. The molecule has 6 atom stereocenters. The number of nitrogens with two attached hydrogens (primary N) is 1. The van der Waals surface area contributed by atoms with E-state index in [1.54, 1.807) is 13.0 Å². The maximum Gasteiger partial charge on any atom is 0.217 e. The molecule has 4 N–H and O–H groups in total. The molecule has 3 rings (SSSR count). The van der Waals surface area contributed by atoms with Crippen LogP contribution < -0.4 is 10.5 Å². The van der Waals surface area contributed by atoms with E-state index in [2.05, 4.69) is 17.9 Å². The Balaban J connectivity index is 1.75. The van der Waals surface area contributed by atoms with Gasteiger partial charge in [-0.25, -0.2) is 0 Å². The number of hydrogen-bond donors (Lipinski definition) is 3. The van der Waals surface area contributed by atoms with E-state index in [1.165, 1.54) is 0 Å². The molecule has 0 spiro atoms. The van der Waals surface area contributed by atoms with Crippen LogP contribution in [-0.4, -0.2) is 34.4 Å². The summed E-state index contributed by atoms with van der Waals surface area (Å²) in [5.41, 5.74) is 7.44. The quantitative estimate of drug-likeness (QED) is 0.464. The summed E-state index contributed by atoms with van der Waals surface area (Å²) in [4.78, 5) is 11.0. The van der Waals surface area contributed by atoms with E-state index in [0.717, 1.165) is 23.3 Å². The predicted molar refractivity (Wildman–Crippen MR) is 112 cm³/mol. The molecule has 2 aliphatic rings. The van der Waals surface area contributed by atoms with Crippen molar-refractivity contribution in [2.45, 2.75) is 70.2 Å². The lowest BCUT2D eigenvalue weighted by Crippen LogP contribution is -2.19. The molecule has 1 heterocycles. The van der Waals surface area contributed by atoms with Crippen LogP contribution in [0.25, 0.3) is 0 Å². The highest BCUT2D eigenvalue weighted by molar-refractivity contribution is 5.73. The molecule has 1 amide bonds. The summed E-state index contributed by atoms with van der Waals surface area (Å²) in [6, 6.07) is 6.10. The Labute approximate surface area is 173 Å². The highest BCUT2D eigenvalue weighted by Crippen LogP contribution is 2.52. The van der Waals surface area contributed by atoms with E-state index < -0.39 is 12.2 Å². The number of para-hydroxylation sites is 1. The largest absolute Gasteiger partial charge is 0.489 e. The van der Waals surface area contributed by atoms with Crippen LogP contribution in [0.1, 0.15) is 56.6 Å². The minimum absolute atomic E-state index is 0.0389. The molecule has 1 aromatic carbocycles. The van der Waals surface area contributed by atoms with Crippen molar-refractivity contribution in [1.82, 2.24) is 0 Å². The number of benzene rings is 1. The number of carbonyl (C=O) groups is 1. The zero-order valence-corrected chi connectivity index (χ0v) is 17.2. The lowest BCUT2D eigenvalue weighted by molar-refractivity contribution is -0.118. The second-order valence-corrected chi connectivity index (χ2v) is 8.20. The Morgan fingerprint density at radius 3 is 2.97 bits per heavy atom. The first kappa shape index (κ1) is 21.4. The van der Waals surface area contributed by atoms with Crippen molar-refractivity contribution in [3.8, 4) is 17.6 Å². The molecule has 0 unspecified atom stereocenters. The van der Waals surface area contributed by atoms with Crippen LogP contribution in [0.2, 0.25) is 0 Å². The van der Waals surface area contributed by atoms with Crippen LogP contribution >= 0.6 is 0 Å². The van der Waals surface area contributed by atoms with Gasteiger partial charge in [-0.05, 0) is 31.2 Å². The lowest BCUT2D eigenvalue weighted by atomic mass is 9.86. The van der Waals surface area contributed by atoms with Crippen molar-refractivity contribution < 1.29 is 19.7 Å². The zero-order valence-electron chi connectivity index (χ0n) is 17.2. The molecular weight excluding hydrogens is 366 g/mol. The molecule has 1 aromatic rings. The molecule has 5 heteroatoms. The number of aliphatic hydroxyl groups excluding tert-OH is 2. The van der Waals surface area contributed by atoms with Crippen LogP contribution in [-0.2, 0) is 11.2 Å². The third-order valence-corrected chi connectivity index (χ3v) is 6.07. The van der Waals surface area contributed by atoms with Crippen molar-refractivity contribution in [3.05, 3.63) is 41.5 Å². The van der Waals surface area contributed by atoms with Gasteiger partial charge in [-0.15, -0.1) is 11.8 Å². The summed E-state index contributed by atoms with van der Waals surface area (Å²) in [5.74, 6) is 6.48. The molecule has 0 saturated heterocycles. The van der Waals surface area contributed by atoms with E-state index in [9.17, 15) is 15.0 Å². The zero-order chi connectivity index (χ0) is 21.0. The standard InChI is InChI=1S/C24H31NO4/c1-3-4-7-15(2)19(26)13-12-17-20(27)14-21-23(17)18-10-5-8-16(24(18)29-21)9-6-11-22(25)28/h5,8,10,12-13,15,17,19-21,23,26-27H,6-7,9,11,14H2,1-2H3,(H2,25,28)/b13-12+/t15-,17+,19-,20-,21+,23+/m1/s1. The first-order valence-electron chi connectivity index (χ1n) is 10.4. The predicted octanol–water partition coefficient (Wildman–Crippen LogP) is 2.69. The Morgan fingerprint density at radius 2 is 2.24 bits per heavy atom. The van der Waals surface area contributed by atoms with Crippen molar-refractivity contribution >= 4 is 5.91 Å². The molecule has 1 fully saturated rings. The van der Waals surface area contributed by atoms with E-state index in [4.69, 9.17) is 10.5 Å². The van der Waals surface area contributed by atoms with E-state index >= 15 is 0 Å². The van der Waals surface area contributed by atoms with Crippen LogP contribution in [0.15, 0.2) is 30.4 Å².